The number of rotatable bonds is 0. The van der Waals surface area contributed by atoms with Crippen LogP contribution < -0.4 is 10.8 Å². The first-order chi connectivity index (χ1) is 5.75. The summed E-state index contributed by atoms with van der Waals surface area (Å²) in [7, 11) is 1.97. The summed E-state index contributed by atoms with van der Waals surface area (Å²) >= 11 is 0. The van der Waals surface area contributed by atoms with E-state index in [1.807, 2.05) is 25.1 Å². The third-order valence-electron chi connectivity index (χ3n) is 1.69. The van der Waals surface area contributed by atoms with Gasteiger partial charge in [-0.25, -0.2) is 15.0 Å². The zero-order valence-electron chi connectivity index (χ0n) is 7.15. The Kier molecular flexibility index (Phi) is 1.53. The van der Waals surface area contributed by atoms with Crippen LogP contribution in [0, 0.1) is 6.92 Å². The van der Waals surface area contributed by atoms with Gasteiger partial charge in [-0.2, -0.15) is 0 Å². The van der Waals surface area contributed by atoms with Gasteiger partial charge < -0.3 is 4.90 Å². The average Bonchev–Trinajstić information content (AvgIpc) is 2.03. The van der Waals surface area contributed by atoms with Gasteiger partial charge in [0, 0.05) is 13.2 Å². The quantitative estimate of drug-likeness (QED) is 0.493. The molecule has 0 aromatic carbocycles. The van der Waals surface area contributed by atoms with Gasteiger partial charge in [0.1, 0.15) is 12.0 Å². The zero-order chi connectivity index (χ0) is 8.55. The number of nitrogens with zero attached hydrogens (tertiary/aromatic N) is 4. The van der Waals surface area contributed by atoms with Crippen molar-refractivity contribution in [2.45, 2.75) is 6.92 Å². The Labute approximate surface area is 70.3 Å². The molecule has 0 fully saturated rings. The summed E-state index contributed by atoms with van der Waals surface area (Å²) in [6.07, 6.45) is 3.70. The number of aryl methyl sites for hydroxylation is 1. The molecule has 0 saturated heterocycles. The molecule has 0 bridgehead atoms. The van der Waals surface area contributed by atoms with E-state index < -0.39 is 0 Å². The summed E-state index contributed by atoms with van der Waals surface area (Å²) in [4.78, 5) is 14.7. The van der Waals surface area contributed by atoms with Crippen LogP contribution in [0.15, 0.2) is 11.2 Å². The molecule has 0 amide bonds. The molecule has 12 heavy (non-hydrogen) atoms. The average molecular weight is 162 g/mol. The van der Waals surface area contributed by atoms with Gasteiger partial charge in [-0.1, -0.05) is 0 Å². The van der Waals surface area contributed by atoms with Crippen molar-refractivity contribution in [2.24, 2.45) is 4.99 Å². The lowest BCUT2D eigenvalue weighted by Gasteiger charge is -2.12. The zero-order valence-corrected chi connectivity index (χ0v) is 7.15. The SMILES string of the molecule is Cc1cnc2c(n1)=CN(C)CN=2. The molecule has 0 saturated carbocycles. The predicted octanol–water partition coefficient (Wildman–Crippen LogP) is -0.954. The largest absolute Gasteiger partial charge is 0.359 e. The lowest BCUT2D eigenvalue weighted by Crippen LogP contribution is -2.39. The number of aromatic nitrogens is 2. The van der Waals surface area contributed by atoms with Crippen LogP contribution in [0.4, 0.5) is 0 Å². The Morgan fingerprint density at radius 3 is 3.17 bits per heavy atom. The van der Waals surface area contributed by atoms with Crippen LogP contribution >= 0.6 is 0 Å². The normalized spacial score (nSPS) is 14.7. The molecule has 2 rings (SSSR count). The number of fused-ring (bicyclic) bond motifs is 1. The third-order valence-corrected chi connectivity index (χ3v) is 1.69. The van der Waals surface area contributed by atoms with Crippen molar-refractivity contribution in [2.75, 3.05) is 13.7 Å². The smallest absolute Gasteiger partial charge is 0.176 e. The highest BCUT2D eigenvalue weighted by Crippen LogP contribution is 1.85. The maximum absolute atomic E-state index is 4.31. The minimum atomic E-state index is 0.671. The maximum atomic E-state index is 4.31. The summed E-state index contributed by atoms with van der Waals surface area (Å²) < 4.78 is 0. The van der Waals surface area contributed by atoms with Crippen LogP contribution in [0.3, 0.4) is 0 Å². The lowest BCUT2D eigenvalue weighted by atomic mass is 10.4. The van der Waals surface area contributed by atoms with Gasteiger partial charge in [0.25, 0.3) is 0 Å². The molecule has 1 aliphatic heterocycles. The van der Waals surface area contributed by atoms with E-state index in [1.54, 1.807) is 6.20 Å². The predicted molar refractivity (Wildman–Crippen MR) is 44.6 cm³/mol. The summed E-state index contributed by atoms with van der Waals surface area (Å²) in [5.41, 5.74) is 1.68. The monoisotopic (exact) mass is 162 g/mol. The van der Waals surface area contributed by atoms with Crippen LogP contribution in [0.1, 0.15) is 5.69 Å². The van der Waals surface area contributed by atoms with Crippen LogP contribution in [-0.2, 0) is 0 Å². The van der Waals surface area contributed by atoms with Gasteiger partial charge in [-0.15, -0.1) is 0 Å². The molecular formula is C8H10N4. The first kappa shape index (κ1) is 7.21. The fourth-order valence-electron chi connectivity index (χ4n) is 1.13. The minimum Gasteiger partial charge on any atom is -0.359 e. The van der Waals surface area contributed by atoms with E-state index in [9.17, 15) is 0 Å². The fraction of sp³-hybridized carbons (Fsp3) is 0.375. The Bertz CT molecular complexity index is 410. The second kappa shape index (κ2) is 2.55. The first-order valence-electron chi connectivity index (χ1n) is 3.82. The molecule has 1 aromatic heterocycles. The Morgan fingerprint density at radius 1 is 1.50 bits per heavy atom. The van der Waals surface area contributed by atoms with E-state index in [0.717, 1.165) is 16.5 Å². The molecule has 4 nitrogen and oxygen atoms in total. The lowest BCUT2D eigenvalue weighted by molar-refractivity contribution is 0.492. The second-order valence-electron chi connectivity index (χ2n) is 2.91. The highest BCUT2D eigenvalue weighted by atomic mass is 15.2. The van der Waals surface area contributed by atoms with Crippen LogP contribution in [0.5, 0.6) is 0 Å². The van der Waals surface area contributed by atoms with Crippen LogP contribution in [0.25, 0.3) is 6.20 Å². The molecular weight excluding hydrogens is 152 g/mol. The van der Waals surface area contributed by atoms with Crippen LogP contribution in [-0.4, -0.2) is 28.6 Å². The summed E-state index contributed by atoms with van der Waals surface area (Å²) in [6, 6.07) is 0. The molecule has 62 valence electrons. The molecule has 2 heterocycles. The molecule has 0 unspecified atom stereocenters. The highest BCUT2D eigenvalue weighted by molar-refractivity contribution is 5.16. The van der Waals surface area contributed by atoms with Gasteiger partial charge in [0.2, 0.25) is 0 Å². The summed E-state index contributed by atoms with van der Waals surface area (Å²) in [6.45, 7) is 2.60. The van der Waals surface area contributed by atoms with Gasteiger partial charge in [-0.3, -0.25) is 0 Å². The van der Waals surface area contributed by atoms with E-state index >= 15 is 0 Å². The molecule has 0 atom stereocenters. The Balaban J connectivity index is 2.72. The number of hydrogen-bond donors (Lipinski definition) is 0. The van der Waals surface area contributed by atoms with E-state index in [1.165, 1.54) is 0 Å². The van der Waals surface area contributed by atoms with E-state index in [2.05, 4.69) is 15.0 Å². The highest BCUT2D eigenvalue weighted by Gasteiger charge is 1.99. The maximum Gasteiger partial charge on any atom is 0.176 e. The molecule has 0 spiro atoms. The van der Waals surface area contributed by atoms with E-state index in [0.29, 0.717) is 6.67 Å². The molecule has 0 N–H and O–H groups in total. The Hall–Kier alpha value is -1.45. The Morgan fingerprint density at radius 2 is 2.33 bits per heavy atom. The standard InChI is InChI=1S/C8H10N4/c1-6-3-9-8-7(11-6)4-12(2)5-10-8/h3-4H,5H2,1-2H3. The third kappa shape index (κ3) is 1.15. The molecule has 0 aliphatic carbocycles. The van der Waals surface area contributed by atoms with Gasteiger partial charge in [-0.05, 0) is 6.92 Å². The fourth-order valence-corrected chi connectivity index (χ4v) is 1.13. The van der Waals surface area contributed by atoms with Crippen molar-refractivity contribution in [1.29, 1.82) is 0 Å². The molecule has 1 aromatic rings. The topological polar surface area (TPSA) is 41.4 Å². The van der Waals surface area contributed by atoms with Gasteiger partial charge in [0.05, 0.1) is 11.9 Å². The van der Waals surface area contributed by atoms with Gasteiger partial charge >= 0.3 is 0 Å². The summed E-state index contributed by atoms with van der Waals surface area (Å²) in [5.74, 6) is 0. The van der Waals surface area contributed by atoms with Crippen molar-refractivity contribution in [3.05, 3.63) is 22.7 Å². The van der Waals surface area contributed by atoms with Crippen molar-refractivity contribution in [3.63, 3.8) is 0 Å². The van der Waals surface area contributed by atoms with Crippen molar-refractivity contribution in [1.82, 2.24) is 14.9 Å². The molecule has 0 radical (unpaired) electrons. The first-order valence-corrected chi connectivity index (χ1v) is 3.82. The minimum absolute atomic E-state index is 0.671. The van der Waals surface area contributed by atoms with E-state index in [4.69, 9.17) is 0 Å². The second-order valence-corrected chi connectivity index (χ2v) is 2.91. The van der Waals surface area contributed by atoms with Gasteiger partial charge in [0.15, 0.2) is 5.49 Å². The van der Waals surface area contributed by atoms with Crippen molar-refractivity contribution in [3.8, 4) is 0 Å². The molecule has 1 aliphatic rings. The summed E-state index contributed by atoms with van der Waals surface area (Å²) in [5, 5.41) is 0.865. The van der Waals surface area contributed by atoms with Crippen molar-refractivity contribution < 1.29 is 0 Å². The molecule has 4 heteroatoms. The van der Waals surface area contributed by atoms with Crippen LogP contribution in [0.2, 0.25) is 0 Å². The van der Waals surface area contributed by atoms with E-state index in [-0.39, 0.29) is 0 Å². The number of hydrogen-bond acceptors (Lipinski definition) is 4. The van der Waals surface area contributed by atoms with Crippen molar-refractivity contribution >= 4 is 6.20 Å².